The lowest BCUT2D eigenvalue weighted by Gasteiger charge is -2.58. The van der Waals surface area contributed by atoms with Gasteiger partial charge in [-0.05, 0) is 96.4 Å². The molecule has 276 valence electrons. The van der Waals surface area contributed by atoms with Gasteiger partial charge in [0, 0.05) is 49.9 Å². The molecule has 2 saturated carbocycles. The van der Waals surface area contributed by atoms with Gasteiger partial charge < -0.3 is 10.2 Å². The minimum absolute atomic E-state index is 0.0217. The summed E-state index contributed by atoms with van der Waals surface area (Å²) in [5, 5.41) is 16.9. The molecule has 12 heteroatoms. The first-order valence-electron chi connectivity index (χ1n) is 18.5. The van der Waals surface area contributed by atoms with Crippen molar-refractivity contribution in [3.8, 4) is 0 Å². The maximum atomic E-state index is 14.0. The predicted octanol–water partition coefficient (Wildman–Crippen LogP) is 8.00. The third-order valence-corrected chi connectivity index (χ3v) is 13.7. The molecular weight excluding hydrogens is 698 g/mol. The Kier molecular flexibility index (Phi) is 10.4. The number of anilines is 2. The Balaban J connectivity index is 1.17. The third-order valence-electron chi connectivity index (χ3n) is 12.1. The SMILES string of the molecule is CC1(C)[C@H]2CC(CN3CCN(c4c(S(=O)(=O)NC(=O)c5ccccc5)ccc(NCC5CCCCC5)c4[N+](=O)[O-])CC3)=C(c3ccc(Cl)cc3)[C@@H]1C2. The second-order valence-electron chi connectivity index (χ2n) is 15.5. The van der Waals surface area contributed by atoms with Gasteiger partial charge in [-0.1, -0.05) is 80.6 Å². The number of nitro benzene ring substituents is 1. The molecule has 3 fully saturated rings. The van der Waals surface area contributed by atoms with Gasteiger partial charge in [-0.15, -0.1) is 0 Å². The number of rotatable bonds is 11. The van der Waals surface area contributed by atoms with E-state index in [-0.39, 0.29) is 27.2 Å². The van der Waals surface area contributed by atoms with Gasteiger partial charge in [0.1, 0.15) is 16.3 Å². The number of amides is 1. The molecule has 4 aliphatic carbocycles. The standard InChI is InChI=1S/C40H48ClN5O5S/c1-40(2)31-23-30(36(33(40)24-31)28-13-15-32(41)16-14-28)26-44-19-21-45(22-20-44)38-35(52(50,51)43-39(47)29-11-7-4-8-12-29)18-17-34(37(38)46(48)49)42-25-27-9-5-3-6-10-27/h4,7-8,11-18,27,31,33,42H,3,5-6,9-10,19-26H2,1-2H3,(H,43,47)/t31-,33-/m0/s1. The van der Waals surface area contributed by atoms with E-state index < -0.39 is 20.9 Å². The van der Waals surface area contributed by atoms with E-state index in [1.807, 2.05) is 17.0 Å². The van der Waals surface area contributed by atoms with Crippen molar-refractivity contribution < 1.29 is 18.1 Å². The summed E-state index contributed by atoms with van der Waals surface area (Å²) in [6, 6.07) is 19.1. The molecule has 5 aliphatic rings. The number of carbonyl (C=O) groups excluding carboxylic acids is 1. The predicted molar refractivity (Wildman–Crippen MR) is 206 cm³/mol. The van der Waals surface area contributed by atoms with E-state index in [1.165, 1.54) is 53.8 Å². The van der Waals surface area contributed by atoms with Crippen LogP contribution in [0.1, 0.15) is 74.7 Å². The third kappa shape index (κ3) is 7.32. The smallest absolute Gasteiger partial charge is 0.316 e. The second kappa shape index (κ2) is 14.8. The lowest BCUT2D eigenvalue weighted by Crippen LogP contribution is -2.51. The number of fused-ring (bicyclic) bond motifs is 1. The summed E-state index contributed by atoms with van der Waals surface area (Å²) < 4.78 is 30.1. The summed E-state index contributed by atoms with van der Waals surface area (Å²) in [6.07, 6.45) is 7.82. The molecule has 3 aromatic rings. The van der Waals surface area contributed by atoms with E-state index >= 15 is 0 Å². The van der Waals surface area contributed by atoms with Crippen LogP contribution in [0.4, 0.5) is 17.1 Å². The molecular formula is C40H48ClN5O5S. The molecule has 2 atom stereocenters. The highest BCUT2D eigenvalue weighted by molar-refractivity contribution is 7.90. The summed E-state index contributed by atoms with van der Waals surface area (Å²) in [5.74, 6) is 0.721. The molecule has 3 aromatic carbocycles. The monoisotopic (exact) mass is 745 g/mol. The Bertz CT molecular complexity index is 1950. The quantitative estimate of drug-likeness (QED) is 0.150. The van der Waals surface area contributed by atoms with E-state index in [4.69, 9.17) is 11.6 Å². The molecule has 52 heavy (non-hydrogen) atoms. The maximum absolute atomic E-state index is 14.0. The molecule has 2 bridgehead atoms. The topological polar surface area (TPSA) is 125 Å². The van der Waals surface area contributed by atoms with Gasteiger partial charge in [-0.25, -0.2) is 13.1 Å². The van der Waals surface area contributed by atoms with Crippen LogP contribution in [0.2, 0.25) is 5.02 Å². The molecule has 0 unspecified atom stereocenters. The number of allylic oxidation sites excluding steroid dienone is 1. The molecule has 8 rings (SSSR count). The minimum atomic E-state index is -4.49. The van der Waals surface area contributed by atoms with E-state index in [1.54, 1.807) is 18.2 Å². The number of nitro groups is 1. The first kappa shape index (κ1) is 36.4. The molecule has 2 N–H and O–H groups in total. The minimum Gasteiger partial charge on any atom is -0.379 e. The molecule has 1 amide bonds. The average Bonchev–Trinajstić information content (AvgIpc) is 3.14. The van der Waals surface area contributed by atoms with Crippen molar-refractivity contribution >= 4 is 50.2 Å². The molecule has 0 radical (unpaired) electrons. The summed E-state index contributed by atoms with van der Waals surface area (Å²) >= 11 is 6.26. The van der Waals surface area contributed by atoms with Crippen LogP contribution in [0, 0.1) is 33.3 Å². The summed E-state index contributed by atoms with van der Waals surface area (Å²) in [5.41, 5.74) is 4.53. The van der Waals surface area contributed by atoms with E-state index in [9.17, 15) is 23.3 Å². The molecule has 1 aliphatic heterocycles. The fraction of sp³-hybridized carbons (Fsp3) is 0.475. The summed E-state index contributed by atoms with van der Waals surface area (Å²) in [4.78, 5) is 29.4. The number of benzene rings is 3. The van der Waals surface area contributed by atoms with Gasteiger partial charge in [0.2, 0.25) is 0 Å². The van der Waals surface area contributed by atoms with Crippen LogP contribution in [0.3, 0.4) is 0 Å². The van der Waals surface area contributed by atoms with Crippen LogP contribution in [0.5, 0.6) is 0 Å². The Morgan fingerprint density at radius 1 is 0.962 bits per heavy atom. The van der Waals surface area contributed by atoms with E-state index in [0.717, 1.165) is 38.6 Å². The van der Waals surface area contributed by atoms with Crippen LogP contribution in [-0.4, -0.2) is 63.4 Å². The van der Waals surface area contributed by atoms with Crippen molar-refractivity contribution in [1.29, 1.82) is 0 Å². The number of nitrogens with zero attached hydrogens (tertiary/aromatic N) is 3. The largest absolute Gasteiger partial charge is 0.379 e. The van der Waals surface area contributed by atoms with Gasteiger partial charge in [0.05, 0.1) is 4.92 Å². The van der Waals surface area contributed by atoms with Gasteiger partial charge in [0.25, 0.3) is 15.9 Å². The van der Waals surface area contributed by atoms with Crippen molar-refractivity contribution in [2.24, 2.45) is 23.2 Å². The molecule has 1 heterocycles. The highest BCUT2D eigenvalue weighted by Crippen LogP contribution is 2.63. The molecule has 0 aromatic heterocycles. The first-order chi connectivity index (χ1) is 24.9. The highest BCUT2D eigenvalue weighted by atomic mass is 35.5. The van der Waals surface area contributed by atoms with Crippen LogP contribution in [0.15, 0.2) is 77.2 Å². The Morgan fingerprint density at radius 3 is 2.31 bits per heavy atom. The lowest BCUT2D eigenvalue weighted by atomic mass is 9.46. The fourth-order valence-corrected chi connectivity index (χ4v) is 10.3. The van der Waals surface area contributed by atoms with Crippen LogP contribution < -0.4 is 14.9 Å². The van der Waals surface area contributed by atoms with Gasteiger partial charge in [-0.2, -0.15) is 0 Å². The molecule has 10 nitrogen and oxygen atoms in total. The van der Waals surface area contributed by atoms with Crippen molar-refractivity contribution in [2.75, 3.05) is 49.5 Å². The zero-order valence-electron chi connectivity index (χ0n) is 29.9. The second-order valence-corrected chi connectivity index (χ2v) is 17.6. The average molecular weight is 746 g/mol. The summed E-state index contributed by atoms with van der Waals surface area (Å²) in [6.45, 7) is 8.10. The summed E-state index contributed by atoms with van der Waals surface area (Å²) in [7, 11) is -4.49. The van der Waals surface area contributed by atoms with Crippen LogP contribution >= 0.6 is 11.6 Å². The van der Waals surface area contributed by atoms with E-state index in [2.05, 4.69) is 40.9 Å². The van der Waals surface area contributed by atoms with Crippen molar-refractivity contribution in [2.45, 2.75) is 63.7 Å². The van der Waals surface area contributed by atoms with Crippen molar-refractivity contribution in [3.63, 3.8) is 0 Å². The Labute approximate surface area is 311 Å². The maximum Gasteiger partial charge on any atom is 0.316 e. The lowest BCUT2D eigenvalue weighted by molar-refractivity contribution is -0.383. The van der Waals surface area contributed by atoms with Crippen molar-refractivity contribution in [1.82, 2.24) is 9.62 Å². The van der Waals surface area contributed by atoms with Gasteiger partial charge >= 0.3 is 5.69 Å². The van der Waals surface area contributed by atoms with Gasteiger partial charge in [0.15, 0.2) is 0 Å². The zero-order chi connectivity index (χ0) is 36.6. The number of sulfonamides is 1. The van der Waals surface area contributed by atoms with Crippen molar-refractivity contribution in [3.05, 3.63) is 98.6 Å². The van der Waals surface area contributed by atoms with E-state index in [0.29, 0.717) is 61.2 Å². The number of hydrogen-bond donors (Lipinski definition) is 2. The normalized spacial score (nSPS) is 22.1. The fourth-order valence-electron chi connectivity index (χ4n) is 8.97. The Morgan fingerprint density at radius 2 is 1.65 bits per heavy atom. The van der Waals surface area contributed by atoms with Gasteiger partial charge in [-0.3, -0.25) is 19.8 Å². The molecule has 0 spiro atoms. The Hall–Kier alpha value is -3.93. The first-order valence-corrected chi connectivity index (χ1v) is 20.4. The number of carbonyl (C=O) groups is 1. The molecule has 1 saturated heterocycles. The number of halogens is 1. The number of piperazine rings is 1. The zero-order valence-corrected chi connectivity index (χ0v) is 31.5. The van der Waals surface area contributed by atoms with Crippen LogP contribution in [0.25, 0.3) is 5.57 Å². The number of hydrogen-bond acceptors (Lipinski definition) is 8. The number of nitrogens with one attached hydrogen (secondary N) is 2. The highest BCUT2D eigenvalue weighted by Gasteiger charge is 2.53. The van der Waals surface area contributed by atoms with Crippen LogP contribution in [-0.2, 0) is 10.0 Å².